The van der Waals surface area contributed by atoms with E-state index >= 15 is 0 Å². The van der Waals surface area contributed by atoms with Crippen molar-refractivity contribution in [2.24, 2.45) is 5.73 Å². The van der Waals surface area contributed by atoms with Crippen molar-refractivity contribution >= 4 is 18.3 Å². The average Bonchev–Trinajstić information content (AvgIpc) is 2.49. The van der Waals surface area contributed by atoms with Gasteiger partial charge in [0.05, 0.1) is 12.6 Å². The molecule has 0 aliphatic rings. The average molecular weight is 367 g/mol. The number of benzene rings is 1. The van der Waals surface area contributed by atoms with E-state index in [1.807, 2.05) is 6.92 Å². The Labute approximate surface area is 147 Å². The molecule has 0 aromatic heterocycles. The molecule has 0 heterocycles. The van der Waals surface area contributed by atoms with E-state index in [0.717, 1.165) is 12.0 Å². The second kappa shape index (κ2) is 11.0. The van der Waals surface area contributed by atoms with Crippen LogP contribution in [-0.2, 0) is 11.3 Å². The number of rotatable bonds is 9. The highest BCUT2D eigenvalue weighted by atomic mass is 35.5. The third-order valence-corrected chi connectivity index (χ3v) is 3.24. The van der Waals surface area contributed by atoms with Crippen LogP contribution in [0.15, 0.2) is 18.2 Å². The fourth-order valence-electron chi connectivity index (χ4n) is 2.18. The Balaban J connectivity index is 0.00000529. The van der Waals surface area contributed by atoms with Crippen LogP contribution in [0, 0.1) is 0 Å². The molecule has 1 rings (SSSR count). The van der Waals surface area contributed by atoms with Gasteiger partial charge in [-0.3, -0.25) is 4.79 Å². The number of nitrogens with two attached hydrogens (primary N) is 1. The summed E-state index contributed by atoms with van der Waals surface area (Å²) in [5.41, 5.74) is 6.56. The van der Waals surface area contributed by atoms with Crippen LogP contribution in [0.5, 0.6) is 11.5 Å². The third kappa shape index (κ3) is 6.88. The van der Waals surface area contributed by atoms with Crippen LogP contribution in [-0.4, -0.2) is 37.1 Å². The van der Waals surface area contributed by atoms with Crippen LogP contribution in [0.4, 0.5) is 8.78 Å². The lowest BCUT2D eigenvalue weighted by Crippen LogP contribution is -2.41. The first-order valence-electron chi connectivity index (χ1n) is 7.60. The Bertz CT molecular complexity index is 518. The van der Waals surface area contributed by atoms with Crippen molar-refractivity contribution in [2.45, 2.75) is 45.9 Å². The van der Waals surface area contributed by atoms with Gasteiger partial charge in [-0.15, -0.1) is 12.4 Å². The van der Waals surface area contributed by atoms with Crippen molar-refractivity contribution < 1.29 is 23.0 Å². The van der Waals surface area contributed by atoms with Crippen LogP contribution >= 0.6 is 12.4 Å². The highest BCUT2D eigenvalue weighted by Crippen LogP contribution is 2.30. The van der Waals surface area contributed by atoms with Crippen LogP contribution in [0.3, 0.4) is 0 Å². The van der Waals surface area contributed by atoms with Gasteiger partial charge in [-0.2, -0.15) is 8.78 Å². The number of halogens is 3. The van der Waals surface area contributed by atoms with Crippen molar-refractivity contribution in [2.75, 3.05) is 13.7 Å². The summed E-state index contributed by atoms with van der Waals surface area (Å²) in [5, 5.41) is 0. The lowest BCUT2D eigenvalue weighted by molar-refractivity contribution is -0.132. The van der Waals surface area contributed by atoms with Gasteiger partial charge >= 0.3 is 6.61 Å². The Morgan fingerprint density at radius 2 is 1.96 bits per heavy atom. The van der Waals surface area contributed by atoms with E-state index in [2.05, 4.69) is 4.74 Å². The molecule has 0 aliphatic heterocycles. The minimum Gasteiger partial charge on any atom is -0.490 e. The maximum atomic E-state index is 12.4. The van der Waals surface area contributed by atoms with Crippen molar-refractivity contribution in [1.82, 2.24) is 4.90 Å². The first kappa shape index (κ1) is 22.4. The minimum atomic E-state index is -2.92. The maximum absolute atomic E-state index is 12.4. The van der Waals surface area contributed by atoms with Crippen molar-refractivity contribution in [3.8, 4) is 11.5 Å². The molecular formula is C16H25ClF2N2O3. The van der Waals surface area contributed by atoms with E-state index in [1.54, 1.807) is 26.1 Å². The highest BCUT2D eigenvalue weighted by Gasteiger charge is 2.18. The van der Waals surface area contributed by atoms with Gasteiger partial charge in [-0.25, -0.2) is 0 Å². The molecule has 0 bridgehead atoms. The first-order chi connectivity index (χ1) is 10.9. The molecule has 0 radical (unpaired) electrons. The van der Waals surface area contributed by atoms with Gasteiger partial charge in [0.1, 0.15) is 0 Å². The quantitative estimate of drug-likeness (QED) is 0.729. The fourth-order valence-corrected chi connectivity index (χ4v) is 2.18. The van der Waals surface area contributed by atoms with E-state index in [9.17, 15) is 13.6 Å². The van der Waals surface area contributed by atoms with Crippen molar-refractivity contribution in [3.05, 3.63) is 23.8 Å². The zero-order valence-electron chi connectivity index (χ0n) is 14.1. The number of alkyl halides is 2. The van der Waals surface area contributed by atoms with E-state index in [1.165, 1.54) is 11.0 Å². The van der Waals surface area contributed by atoms with Gasteiger partial charge in [0.15, 0.2) is 11.5 Å². The Hall–Kier alpha value is -1.60. The van der Waals surface area contributed by atoms with Crippen LogP contribution < -0.4 is 15.2 Å². The predicted octanol–water partition coefficient (Wildman–Crippen LogP) is 3.19. The van der Waals surface area contributed by atoms with Gasteiger partial charge in [0, 0.05) is 13.6 Å². The summed E-state index contributed by atoms with van der Waals surface area (Å²) >= 11 is 0. The summed E-state index contributed by atoms with van der Waals surface area (Å²) in [6.45, 7) is 1.42. The fraction of sp³-hybridized carbons (Fsp3) is 0.562. The van der Waals surface area contributed by atoms with E-state index in [-0.39, 0.29) is 29.8 Å². The zero-order chi connectivity index (χ0) is 17.4. The van der Waals surface area contributed by atoms with Gasteiger partial charge in [-0.05, 0) is 31.0 Å². The zero-order valence-corrected chi connectivity index (χ0v) is 14.9. The second-order valence-electron chi connectivity index (χ2n) is 5.18. The summed E-state index contributed by atoms with van der Waals surface area (Å²) in [7, 11) is 1.65. The van der Waals surface area contributed by atoms with Crippen LogP contribution in [0.25, 0.3) is 0 Å². The lowest BCUT2D eigenvalue weighted by Gasteiger charge is -2.22. The number of ether oxygens (including phenoxy) is 2. The predicted molar refractivity (Wildman–Crippen MR) is 90.8 cm³/mol. The van der Waals surface area contributed by atoms with Gasteiger partial charge in [0.25, 0.3) is 0 Å². The monoisotopic (exact) mass is 366 g/mol. The van der Waals surface area contributed by atoms with E-state index in [4.69, 9.17) is 10.5 Å². The number of carbonyl (C=O) groups excluding carboxylic acids is 1. The molecule has 0 saturated carbocycles. The van der Waals surface area contributed by atoms with Crippen LogP contribution in [0.2, 0.25) is 0 Å². The molecule has 5 nitrogen and oxygen atoms in total. The Kier molecular flexibility index (Phi) is 10.3. The first-order valence-corrected chi connectivity index (χ1v) is 7.60. The summed E-state index contributed by atoms with van der Waals surface area (Å²) in [5.74, 6) is 0.0454. The number of amides is 1. The molecular weight excluding hydrogens is 342 g/mol. The Morgan fingerprint density at radius 3 is 2.50 bits per heavy atom. The molecule has 1 aromatic carbocycles. The summed E-state index contributed by atoms with van der Waals surface area (Å²) in [4.78, 5) is 13.6. The number of nitrogens with zero attached hydrogens (tertiary/aromatic N) is 1. The standard InChI is InChI=1S/C16H24F2N2O3.ClH/c1-4-6-12(19)15(21)20(3)10-11-7-8-13(23-16(17)18)14(9-11)22-5-2;/h7-9,12,16H,4-6,10,19H2,1-3H3;1H. The number of carbonyl (C=O) groups is 1. The minimum absolute atomic E-state index is 0. The molecule has 1 atom stereocenters. The maximum Gasteiger partial charge on any atom is 0.387 e. The number of hydrogen-bond donors (Lipinski definition) is 1. The third-order valence-electron chi connectivity index (χ3n) is 3.24. The molecule has 138 valence electrons. The molecule has 8 heteroatoms. The summed E-state index contributed by atoms with van der Waals surface area (Å²) < 4.78 is 34.5. The molecule has 0 aliphatic carbocycles. The van der Waals surface area contributed by atoms with Crippen LogP contribution in [0.1, 0.15) is 32.3 Å². The molecule has 24 heavy (non-hydrogen) atoms. The smallest absolute Gasteiger partial charge is 0.387 e. The molecule has 2 N–H and O–H groups in total. The van der Waals surface area contributed by atoms with Crippen molar-refractivity contribution in [1.29, 1.82) is 0 Å². The second-order valence-corrected chi connectivity index (χ2v) is 5.18. The topological polar surface area (TPSA) is 64.8 Å². The molecule has 0 spiro atoms. The van der Waals surface area contributed by atoms with E-state index < -0.39 is 12.7 Å². The van der Waals surface area contributed by atoms with Gasteiger partial charge in [-0.1, -0.05) is 19.4 Å². The van der Waals surface area contributed by atoms with E-state index in [0.29, 0.717) is 19.6 Å². The highest BCUT2D eigenvalue weighted by molar-refractivity contribution is 5.85. The molecule has 0 saturated heterocycles. The van der Waals surface area contributed by atoms with Gasteiger partial charge < -0.3 is 20.1 Å². The van der Waals surface area contributed by atoms with Gasteiger partial charge in [0.2, 0.25) is 5.91 Å². The van der Waals surface area contributed by atoms with Crippen molar-refractivity contribution in [3.63, 3.8) is 0 Å². The largest absolute Gasteiger partial charge is 0.490 e. The molecule has 0 fully saturated rings. The SMILES string of the molecule is CCCC(N)C(=O)N(C)Cc1ccc(OC(F)F)c(OCC)c1.Cl. The Morgan fingerprint density at radius 1 is 1.29 bits per heavy atom. The normalized spacial score (nSPS) is 11.6. The molecule has 1 unspecified atom stereocenters. The molecule has 1 aromatic rings. The molecule has 1 amide bonds. The lowest BCUT2D eigenvalue weighted by atomic mass is 10.1. The summed E-state index contributed by atoms with van der Waals surface area (Å²) in [6, 6.07) is 4.10. The number of hydrogen-bond acceptors (Lipinski definition) is 4. The summed E-state index contributed by atoms with van der Waals surface area (Å²) in [6.07, 6.45) is 1.45. The number of likely N-dealkylation sites (N-methyl/N-ethyl adjacent to an activating group) is 1.